The molecule has 2 aliphatic rings. The van der Waals surface area contributed by atoms with Crippen LogP contribution in [0.25, 0.3) is 11.3 Å². The first-order chi connectivity index (χ1) is 19.4. The SMILES string of the molecule is CC(C)(NC(=O)C1CCc2c(-c3cccc(OC(F)F)c3)nn(C3CCOCC3)c2C1)c1ccc(C(F)(F)F)nc1. The summed E-state index contributed by atoms with van der Waals surface area (Å²) in [7, 11) is 0. The van der Waals surface area contributed by atoms with Crippen molar-refractivity contribution in [3.05, 3.63) is 65.1 Å². The van der Waals surface area contributed by atoms with Gasteiger partial charge in [0.25, 0.3) is 0 Å². The number of nitrogens with zero attached hydrogens (tertiary/aromatic N) is 3. The van der Waals surface area contributed by atoms with Crippen LogP contribution in [0, 0.1) is 5.92 Å². The lowest BCUT2D eigenvalue weighted by Crippen LogP contribution is -2.45. The van der Waals surface area contributed by atoms with E-state index in [0.717, 1.165) is 36.4 Å². The number of carbonyl (C=O) groups is 1. The minimum Gasteiger partial charge on any atom is -0.435 e. The largest absolute Gasteiger partial charge is 0.435 e. The van der Waals surface area contributed by atoms with Gasteiger partial charge in [0.15, 0.2) is 0 Å². The van der Waals surface area contributed by atoms with E-state index < -0.39 is 24.0 Å². The number of fused-ring (bicyclic) bond motifs is 1. The summed E-state index contributed by atoms with van der Waals surface area (Å²) < 4.78 is 76.7. The summed E-state index contributed by atoms with van der Waals surface area (Å²) in [5.41, 5.74) is 1.74. The van der Waals surface area contributed by atoms with Gasteiger partial charge in [0, 0.05) is 48.6 Å². The second-order valence-electron chi connectivity index (χ2n) is 11.0. The van der Waals surface area contributed by atoms with Crippen molar-refractivity contribution in [3.8, 4) is 17.0 Å². The number of alkyl halides is 5. The van der Waals surface area contributed by atoms with Crippen LogP contribution in [0.4, 0.5) is 22.0 Å². The predicted molar refractivity (Wildman–Crippen MR) is 139 cm³/mol. The normalized spacial score (nSPS) is 18.3. The average Bonchev–Trinajstić information content (AvgIpc) is 3.32. The fourth-order valence-corrected chi connectivity index (χ4v) is 5.56. The van der Waals surface area contributed by atoms with Crippen LogP contribution in [0.1, 0.15) is 61.7 Å². The maximum atomic E-state index is 13.5. The molecule has 1 unspecified atom stereocenters. The van der Waals surface area contributed by atoms with E-state index in [2.05, 4.69) is 15.0 Å². The van der Waals surface area contributed by atoms with Gasteiger partial charge in [-0.15, -0.1) is 0 Å². The predicted octanol–water partition coefficient (Wildman–Crippen LogP) is 6.07. The third kappa shape index (κ3) is 6.37. The fourth-order valence-electron chi connectivity index (χ4n) is 5.56. The Bertz CT molecular complexity index is 1380. The van der Waals surface area contributed by atoms with E-state index in [0.29, 0.717) is 49.3 Å². The van der Waals surface area contributed by atoms with Crippen molar-refractivity contribution in [1.29, 1.82) is 0 Å². The van der Waals surface area contributed by atoms with Crippen LogP contribution in [0.3, 0.4) is 0 Å². The second-order valence-corrected chi connectivity index (χ2v) is 11.0. The van der Waals surface area contributed by atoms with E-state index in [-0.39, 0.29) is 23.6 Å². The van der Waals surface area contributed by atoms with Crippen molar-refractivity contribution in [3.63, 3.8) is 0 Å². The molecule has 1 amide bonds. The van der Waals surface area contributed by atoms with Crippen molar-refractivity contribution in [2.45, 2.75) is 70.3 Å². The zero-order valence-electron chi connectivity index (χ0n) is 22.7. The number of carbonyl (C=O) groups excluding carboxylic acids is 1. The minimum atomic E-state index is -4.55. The van der Waals surface area contributed by atoms with Gasteiger partial charge in [-0.25, -0.2) is 0 Å². The van der Waals surface area contributed by atoms with Gasteiger partial charge in [-0.3, -0.25) is 14.5 Å². The Balaban J connectivity index is 1.40. The van der Waals surface area contributed by atoms with Gasteiger partial charge >= 0.3 is 12.8 Å². The van der Waals surface area contributed by atoms with E-state index in [1.54, 1.807) is 32.0 Å². The van der Waals surface area contributed by atoms with Gasteiger partial charge in [-0.1, -0.05) is 18.2 Å². The van der Waals surface area contributed by atoms with E-state index in [1.807, 2.05) is 4.68 Å². The molecule has 3 aromatic rings. The highest BCUT2D eigenvalue weighted by Crippen LogP contribution is 2.38. The number of ether oxygens (including phenoxy) is 2. The first-order valence-electron chi connectivity index (χ1n) is 13.5. The third-order valence-electron chi connectivity index (χ3n) is 7.75. The molecule has 2 aromatic heterocycles. The van der Waals surface area contributed by atoms with Gasteiger partial charge in [0.05, 0.1) is 17.3 Å². The van der Waals surface area contributed by atoms with Gasteiger partial charge in [0.1, 0.15) is 11.4 Å². The van der Waals surface area contributed by atoms with Gasteiger partial charge < -0.3 is 14.8 Å². The Morgan fingerprint density at radius 2 is 1.88 bits per heavy atom. The first kappa shape index (κ1) is 29.0. The van der Waals surface area contributed by atoms with Crippen LogP contribution in [-0.2, 0) is 34.1 Å². The molecule has 1 fully saturated rings. The van der Waals surface area contributed by atoms with Crippen LogP contribution in [0.2, 0.25) is 0 Å². The average molecular weight is 579 g/mol. The second kappa shape index (κ2) is 11.4. The Labute approximate surface area is 234 Å². The number of amides is 1. The standard InChI is InChI=1S/C29H31F5N4O3/c1-28(2,19-7-9-24(35-16-19)29(32,33)34)36-26(39)18-6-8-22-23(15-18)38(20-10-12-40-13-11-20)37-25(22)17-4-3-5-21(14-17)41-27(30)31/h3-5,7,9,14,16,18,20,27H,6,8,10-13,15H2,1-2H3,(H,36,39). The third-order valence-corrected chi connectivity index (χ3v) is 7.75. The molecule has 5 rings (SSSR count). The van der Waals surface area contributed by atoms with Crippen molar-refractivity contribution in [2.24, 2.45) is 5.92 Å². The monoisotopic (exact) mass is 578 g/mol. The molecule has 1 aliphatic heterocycles. The quantitative estimate of drug-likeness (QED) is 0.344. The van der Waals surface area contributed by atoms with Crippen molar-refractivity contribution < 1.29 is 36.2 Å². The lowest BCUT2D eigenvalue weighted by atomic mass is 9.84. The molecular weight excluding hydrogens is 547 g/mol. The van der Waals surface area contributed by atoms with Gasteiger partial charge in [-0.05, 0) is 63.3 Å². The van der Waals surface area contributed by atoms with Crippen molar-refractivity contribution >= 4 is 5.91 Å². The summed E-state index contributed by atoms with van der Waals surface area (Å²) in [5, 5.41) is 7.93. The molecule has 1 atom stereocenters. The Morgan fingerprint density at radius 1 is 1.12 bits per heavy atom. The number of pyridine rings is 1. The number of rotatable bonds is 7. The highest BCUT2D eigenvalue weighted by molar-refractivity contribution is 5.80. The van der Waals surface area contributed by atoms with Gasteiger partial charge in [-0.2, -0.15) is 27.1 Å². The van der Waals surface area contributed by atoms with Crippen LogP contribution < -0.4 is 10.1 Å². The zero-order valence-corrected chi connectivity index (χ0v) is 22.7. The van der Waals surface area contributed by atoms with Crippen LogP contribution in [-0.4, -0.2) is 40.5 Å². The number of hydrogen-bond acceptors (Lipinski definition) is 5. The molecule has 1 aromatic carbocycles. The molecule has 1 aliphatic carbocycles. The fraction of sp³-hybridized carbons (Fsp3) is 0.483. The molecular formula is C29H31F5N4O3. The lowest BCUT2D eigenvalue weighted by molar-refractivity contribution is -0.141. The molecule has 0 bridgehead atoms. The number of hydrogen-bond donors (Lipinski definition) is 1. The molecule has 0 spiro atoms. The summed E-state index contributed by atoms with van der Waals surface area (Å²) >= 11 is 0. The topological polar surface area (TPSA) is 78.3 Å². The highest BCUT2D eigenvalue weighted by atomic mass is 19.4. The Hall–Kier alpha value is -3.54. The molecule has 1 saturated heterocycles. The van der Waals surface area contributed by atoms with Crippen molar-refractivity contribution in [2.75, 3.05) is 13.2 Å². The molecule has 0 radical (unpaired) electrons. The molecule has 220 valence electrons. The first-order valence-corrected chi connectivity index (χ1v) is 13.5. The summed E-state index contributed by atoms with van der Waals surface area (Å²) in [6, 6.07) is 8.76. The smallest absolute Gasteiger partial charge is 0.433 e. The van der Waals surface area contributed by atoms with E-state index >= 15 is 0 Å². The molecule has 41 heavy (non-hydrogen) atoms. The van der Waals surface area contributed by atoms with Crippen LogP contribution >= 0.6 is 0 Å². The van der Waals surface area contributed by atoms with E-state index in [4.69, 9.17) is 9.84 Å². The number of nitrogens with one attached hydrogen (secondary N) is 1. The number of benzene rings is 1. The summed E-state index contributed by atoms with van der Waals surface area (Å²) in [4.78, 5) is 17.0. The maximum absolute atomic E-state index is 13.5. The molecule has 1 N–H and O–H groups in total. The number of halogens is 5. The summed E-state index contributed by atoms with van der Waals surface area (Å²) in [6.45, 7) is 1.68. The van der Waals surface area contributed by atoms with Crippen LogP contribution in [0.15, 0.2) is 42.6 Å². The zero-order chi connectivity index (χ0) is 29.4. The minimum absolute atomic E-state index is 0.0416. The lowest BCUT2D eigenvalue weighted by Gasteiger charge is -2.31. The number of aromatic nitrogens is 3. The molecule has 7 nitrogen and oxygen atoms in total. The van der Waals surface area contributed by atoms with Gasteiger partial charge in [0.2, 0.25) is 5.91 Å². The highest BCUT2D eigenvalue weighted by Gasteiger charge is 2.36. The maximum Gasteiger partial charge on any atom is 0.433 e. The van der Waals surface area contributed by atoms with E-state index in [9.17, 15) is 26.7 Å². The summed E-state index contributed by atoms with van der Waals surface area (Å²) in [6.07, 6.45) is -0.399. The Morgan fingerprint density at radius 3 is 2.54 bits per heavy atom. The van der Waals surface area contributed by atoms with Crippen molar-refractivity contribution in [1.82, 2.24) is 20.1 Å². The summed E-state index contributed by atoms with van der Waals surface area (Å²) in [5.74, 6) is -0.560. The van der Waals surface area contributed by atoms with E-state index in [1.165, 1.54) is 12.1 Å². The molecule has 0 saturated carbocycles. The Kier molecular flexibility index (Phi) is 8.04. The molecule has 3 heterocycles. The molecule has 12 heteroatoms. The van der Waals surface area contributed by atoms with Crippen LogP contribution in [0.5, 0.6) is 5.75 Å².